The summed E-state index contributed by atoms with van der Waals surface area (Å²) in [6.45, 7) is 2.18. The first-order valence-corrected chi connectivity index (χ1v) is 16.1. The zero-order valence-electron chi connectivity index (χ0n) is 22.0. The smallest absolute Gasteiger partial charge is 0.341 e. The van der Waals surface area contributed by atoms with Gasteiger partial charge in [-0.3, -0.25) is 9.36 Å². The predicted molar refractivity (Wildman–Crippen MR) is 155 cm³/mol. The monoisotopic (exact) mass is 596 g/mol. The largest absolute Gasteiger partial charge is 0.465 e. The Labute approximate surface area is 240 Å². The third-order valence-corrected chi connectivity index (χ3v) is 10.4. The number of nitrogens with one attached hydrogen (secondary N) is 1. The average Bonchev–Trinajstić information content (AvgIpc) is 3.52. The van der Waals surface area contributed by atoms with Crippen molar-refractivity contribution in [1.29, 1.82) is 0 Å². The van der Waals surface area contributed by atoms with E-state index < -0.39 is 15.8 Å². The molecule has 2 aromatic heterocycles. The highest BCUT2D eigenvalue weighted by molar-refractivity contribution is 7.99. The van der Waals surface area contributed by atoms with Crippen molar-refractivity contribution in [2.75, 3.05) is 18.2 Å². The number of nitrogens with zero attached hydrogens (tertiary/aromatic N) is 3. The van der Waals surface area contributed by atoms with E-state index in [1.54, 1.807) is 34.9 Å². The van der Waals surface area contributed by atoms with E-state index in [1.165, 1.54) is 18.4 Å². The molecule has 40 heavy (non-hydrogen) atoms. The molecule has 2 aromatic carbocycles. The van der Waals surface area contributed by atoms with Gasteiger partial charge in [0.1, 0.15) is 10.8 Å². The number of para-hydroxylation sites is 1. The van der Waals surface area contributed by atoms with Crippen molar-refractivity contribution >= 4 is 49.8 Å². The lowest BCUT2D eigenvalue weighted by molar-refractivity contribution is -0.113. The van der Waals surface area contributed by atoms with Gasteiger partial charge >= 0.3 is 5.97 Å². The third-order valence-electron chi connectivity index (χ3n) is 6.62. The van der Waals surface area contributed by atoms with Crippen LogP contribution in [0.2, 0.25) is 0 Å². The van der Waals surface area contributed by atoms with Gasteiger partial charge in [-0.15, -0.1) is 21.5 Å². The first-order chi connectivity index (χ1) is 19.3. The van der Waals surface area contributed by atoms with E-state index in [2.05, 4.69) is 22.4 Å². The summed E-state index contributed by atoms with van der Waals surface area (Å²) in [7, 11) is -2.34. The van der Waals surface area contributed by atoms with Gasteiger partial charge in [0.2, 0.25) is 5.91 Å². The van der Waals surface area contributed by atoms with Crippen LogP contribution in [0.4, 0.5) is 5.00 Å². The van der Waals surface area contributed by atoms with Gasteiger partial charge < -0.3 is 10.1 Å². The average molecular weight is 597 g/mol. The number of esters is 1. The van der Waals surface area contributed by atoms with Crippen LogP contribution >= 0.6 is 23.1 Å². The molecule has 1 aliphatic rings. The van der Waals surface area contributed by atoms with Crippen molar-refractivity contribution in [3.63, 3.8) is 0 Å². The SMILES string of the molecule is COC(=O)c1c(NC(=O)CSc2nnc(CS(=O)(=O)c3ccccc3)n2-c2ccccc2)sc2c1CCC(C)C2. The van der Waals surface area contributed by atoms with E-state index in [4.69, 9.17) is 4.74 Å². The second kappa shape index (κ2) is 11.9. The van der Waals surface area contributed by atoms with Gasteiger partial charge in [-0.1, -0.05) is 55.1 Å². The Balaban J connectivity index is 1.37. The number of sulfone groups is 1. The third kappa shape index (κ3) is 5.98. The van der Waals surface area contributed by atoms with Gasteiger partial charge in [0.15, 0.2) is 20.8 Å². The van der Waals surface area contributed by atoms with E-state index in [0.717, 1.165) is 41.5 Å². The van der Waals surface area contributed by atoms with E-state index in [0.29, 0.717) is 27.3 Å². The Morgan fingerprint density at radius 2 is 1.80 bits per heavy atom. The minimum Gasteiger partial charge on any atom is -0.465 e. The highest BCUT2D eigenvalue weighted by Gasteiger charge is 2.29. The molecule has 1 atom stereocenters. The standard InChI is InChI=1S/C28H28N4O5S3/c1-18-13-14-21-22(15-18)39-26(25(21)27(34)37-2)29-24(33)16-38-28-31-30-23(32(28)19-9-5-3-6-10-19)17-40(35,36)20-11-7-4-8-12-20/h3-12,18H,13-17H2,1-2H3,(H,29,33). The number of hydrogen-bond acceptors (Lipinski definition) is 9. The highest BCUT2D eigenvalue weighted by Crippen LogP contribution is 2.40. The topological polar surface area (TPSA) is 120 Å². The lowest BCUT2D eigenvalue weighted by atomic mass is 9.88. The summed E-state index contributed by atoms with van der Waals surface area (Å²) >= 11 is 2.56. The molecule has 0 saturated heterocycles. The Hall–Kier alpha value is -3.48. The number of anilines is 1. The maximum Gasteiger partial charge on any atom is 0.341 e. The molecule has 1 N–H and O–H groups in total. The summed E-state index contributed by atoms with van der Waals surface area (Å²) in [6.07, 6.45) is 2.62. The van der Waals surface area contributed by atoms with E-state index in [-0.39, 0.29) is 28.1 Å². The molecule has 0 bridgehead atoms. The normalized spacial score (nSPS) is 14.9. The highest BCUT2D eigenvalue weighted by atomic mass is 32.2. The number of ether oxygens (including phenoxy) is 1. The molecule has 4 aromatic rings. The van der Waals surface area contributed by atoms with Crippen LogP contribution in [0.5, 0.6) is 0 Å². The van der Waals surface area contributed by atoms with E-state index in [9.17, 15) is 18.0 Å². The minimum absolute atomic E-state index is 0.0179. The summed E-state index contributed by atoms with van der Waals surface area (Å²) in [5, 5.41) is 12.2. The number of fused-ring (bicyclic) bond motifs is 1. The van der Waals surface area contributed by atoms with Crippen LogP contribution in [0, 0.1) is 5.92 Å². The Bertz CT molecular complexity index is 1630. The molecule has 5 rings (SSSR count). The van der Waals surface area contributed by atoms with Crippen LogP contribution in [-0.2, 0) is 38.0 Å². The zero-order chi connectivity index (χ0) is 28.3. The molecule has 208 valence electrons. The summed E-state index contributed by atoms with van der Waals surface area (Å²) in [5.74, 6) is -0.388. The number of methoxy groups -OCH3 is 1. The molecule has 12 heteroatoms. The number of hydrogen-bond donors (Lipinski definition) is 1. The molecule has 1 unspecified atom stereocenters. The molecule has 1 aliphatic carbocycles. The van der Waals surface area contributed by atoms with Crippen molar-refractivity contribution in [1.82, 2.24) is 14.8 Å². The fourth-order valence-corrected chi connectivity index (χ4v) is 8.11. The summed E-state index contributed by atoms with van der Waals surface area (Å²) in [5.41, 5.74) is 2.08. The minimum atomic E-state index is -3.68. The number of thiophene rings is 1. The van der Waals surface area contributed by atoms with E-state index in [1.807, 2.05) is 30.3 Å². The number of carbonyl (C=O) groups is 2. The molecule has 0 saturated carbocycles. The molecule has 0 aliphatic heterocycles. The lowest BCUT2D eigenvalue weighted by Gasteiger charge is -2.18. The van der Waals surface area contributed by atoms with Crippen molar-refractivity contribution < 1.29 is 22.7 Å². The summed E-state index contributed by atoms with van der Waals surface area (Å²) in [6, 6.07) is 17.4. The molecule has 9 nitrogen and oxygen atoms in total. The second-order valence-corrected chi connectivity index (χ2v) is 13.6. The first kappa shape index (κ1) is 28.1. The maximum atomic E-state index is 13.1. The molecule has 0 radical (unpaired) electrons. The molecule has 0 spiro atoms. The molecular formula is C28H28N4O5S3. The Kier molecular flexibility index (Phi) is 8.38. The first-order valence-electron chi connectivity index (χ1n) is 12.7. The fraction of sp³-hybridized carbons (Fsp3) is 0.286. The van der Waals surface area contributed by atoms with Gasteiger partial charge in [0.05, 0.1) is 23.3 Å². The van der Waals surface area contributed by atoms with Crippen LogP contribution < -0.4 is 5.32 Å². The molecule has 0 fully saturated rings. The van der Waals surface area contributed by atoms with Crippen molar-refractivity contribution in [3.05, 3.63) is 82.5 Å². The quantitative estimate of drug-likeness (QED) is 0.213. The zero-order valence-corrected chi connectivity index (χ0v) is 24.4. The van der Waals surface area contributed by atoms with Crippen molar-refractivity contribution in [2.24, 2.45) is 5.92 Å². The van der Waals surface area contributed by atoms with Crippen LogP contribution in [0.25, 0.3) is 5.69 Å². The molecule has 2 heterocycles. The second-order valence-electron chi connectivity index (χ2n) is 9.53. The van der Waals surface area contributed by atoms with Crippen molar-refractivity contribution in [2.45, 2.75) is 42.0 Å². The van der Waals surface area contributed by atoms with Crippen molar-refractivity contribution in [3.8, 4) is 5.69 Å². The van der Waals surface area contributed by atoms with Gasteiger partial charge in [0.25, 0.3) is 0 Å². The molecule has 1 amide bonds. The predicted octanol–water partition coefficient (Wildman–Crippen LogP) is 4.94. The summed E-state index contributed by atoms with van der Waals surface area (Å²) in [4.78, 5) is 27.0. The van der Waals surface area contributed by atoms with E-state index >= 15 is 0 Å². The summed E-state index contributed by atoms with van der Waals surface area (Å²) < 4.78 is 32.9. The number of carbonyl (C=O) groups excluding carboxylic acids is 2. The number of rotatable bonds is 9. The van der Waals surface area contributed by atoms with Crippen LogP contribution in [0.15, 0.2) is 70.7 Å². The number of aromatic nitrogens is 3. The number of benzene rings is 2. The van der Waals surface area contributed by atoms with Gasteiger partial charge in [0, 0.05) is 10.6 Å². The molecular weight excluding hydrogens is 569 g/mol. The van der Waals surface area contributed by atoms with Gasteiger partial charge in [-0.05, 0) is 55.0 Å². The Morgan fingerprint density at radius 1 is 1.10 bits per heavy atom. The van der Waals surface area contributed by atoms with Gasteiger partial charge in [-0.25, -0.2) is 13.2 Å². The Morgan fingerprint density at radius 3 is 2.50 bits per heavy atom. The van der Waals surface area contributed by atoms with Crippen LogP contribution in [0.3, 0.4) is 0 Å². The fourth-order valence-electron chi connectivity index (χ4n) is 4.65. The van der Waals surface area contributed by atoms with Gasteiger partial charge in [-0.2, -0.15) is 0 Å². The van der Waals surface area contributed by atoms with Crippen LogP contribution in [0.1, 0.15) is 40.0 Å². The number of thioether (sulfide) groups is 1. The number of amides is 1. The maximum absolute atomic E-state index is 13.1. The lowest BCUT2D eigenvalue weighted by Crippen LogP contribution is -2.17. The van der Waals surface area contributed by atoms with Crippen LogP contribution in [-0.4, -0.2) is 47.9 Å².